The zero-order valence-electron chi connectivity index (χ0n) is 16.1. The Balaban J connectivity index is 1.48. The SMILES string of the molecule is CCc1cc(C(=O)N2CC[C@@]3(CCCN(CC4CCC4)C3=O)C2)cc(=O)[nH]1. The van der Waals surface area contributed by atoms with Crippen molar-refractivity contribution in [3.8, 4) is 0 Å². The first kappa shape index (κ1) is 18.3. The largest absolute Gasteiger partial charge is 0.342 e. The number of aromatic amines is 1. The fourth-order valence-electron chi connectivity index (χ4n) is 4.84. The van der Waals surface area contributed by atoms with E-state index in [-0.39, 0.29) is 17.4 Å². The van der Waals surface area contributed by atoms with Gasteiger partial charge in [-0.15, -0.1) is 0 Å². The second-order valence-electron chi connectivity index (χ2n) is 8.52. The summed E-state index contributed by atoms with van der Waals surface area (Å²) < 4.78 is 0. The minimum atomic E-state index is -0.410. The van der Waals surface area contributed by atoms with E-state index in [9.17, 15) is 14.4 Å². The van der Waals surface area contributed by atoms with E-state index in [2.05, 4.69) is 9.88 Å². The predicted octanol–water partition coefficient (Wildman–Crippen LogP) is 2.19. The molecule has 0 radical (unpaired) electrons. The number of hydrogen-bond donors (Lipinski definition) is 1. The Hall–Kier alpha value is -2.11. The molecular weight excluding hydrogens is 342 g/mol. The molecule has 6 heteroatoms. The molecule has 146 valence electrons. The molecule has 1 saturated carbocycles. The molecule has 6 nitrogen and oxygen atoms in total. The summed E-state index contributed by atoms with van der Waals surface area (Å²) >= 11 is 0. The smallest absolute Gasteiger partial charge is 0.254 e. The molecule has 3 heterocycles. The van der Waals surface area contributed by atoms with E-state index >= 15 is 0 Å². The number of carbonyl (C=O) groups excluding carboxylic acids is 2. The lowest BCUT2D eigenvalue weighted by Crippen LogP contribution is -2.52. The van der Waals surface area contributed by atoms with Crippen molar-refractivity contribution in [1.82, 2.24) is 14.8 Å². The monoisotopic (exact) mass is 371 g/mol. The highest BCUT2D eigenvalue weighted by molar-refractivity contribution is 5.95. The van der Waals surface area contributed by atoms with Gasteiger partial charge in [0.2, 0.25) is 11.5 Å². The molecule has 1 N–H and O–H groups in total. The minimum absolute atomic E-state index is 0.128. The van der Waals surface area contributed by atoms with Crippen molar-refractivity contribution in [3.05, 3.63) is 33.7 Å². The number of carbonyl (C=O) groups is 2. The first-order valence-corrected chi connectivity index (χ1v) is 10.3. The van der Waals surface area contributed by atoms with E-state index in [1.165, 1.54) is 25.3 Å². The summed E-state index contributed by atoms with van der Waals surface area (Å²) in [4.78, 5) is 44.6. The number of likely N-dealkylation sites (tertiary alicyclic amines) is 2. The van der Waals surface area contributed by atoms with Gasteiger partial charge in [-0.25, -0.2) is 0 Å². The maximum Gasteiger partial charge on any atom is 0.254 e. The molecular formula is C21H29N3O3. The Morgan fingerprint density at radius 3 is 2.70 bits per heavy atom. The number of aromatic nitrogens is 1. The van der Waals surface area contributed by atoms with E-state index in [0.717, 1.165) is 38.0 Å². The molecule has 2 amide bonds. The summed E-state index contributed by atoms with van der Waals surface area (Å²) in [5, 5.41) is 0. The van der Waals surface area contributed by atoms with E-state index in [1.54, 1.807) is 11.0 Å². The average Bonchev–Trinajstić information content (AvgIpc) is 3.05. The van der Waals surface area contributed by atoms with Crippen LogP contribution in [0.15, 0.2) is 16.9 Å². The van der Waals surface area contributed by atoms with Crippen LogP contribution >= 0.6 is 0 Å². The van der Waals surface area contributed by atoms with Crippen molar-refractivity contribution >= 4 is 11.8 Å². The van der Waals surface area contributed by atoms with Crippen LogP contribution in [-0.2, 0) is 11.2 Å². The van der Waals surface area contributed by atoms with Crippen LogP contribution in [0.2, 0.25) is 0 Å². The van der Waals surface area contributed by atoms with Gasteiger partial charge >= 0.3 is 0 Å². The van der Waals surface area contributed by atoms with E-state index in [0.29, 0.717) is 31.0 Å². The predicted molar refractivity (Wildman–Crippen MR) is 103 cm³/mol. The summed E-state index contributed by atoms with van der Waals surface area (Å²) in [7, 11) is 0. The summed E-state index contributed by atoms with van der Waals surface area (Å²) in [6.45, 7) is 4.78. The fraction of sp³-hybridized carbons (Fsp3) is 0.667. The van der Waals surface area contributed by atoms with Crippen molar-refractivity contribution in [2.75, 3.05) is 26.2 Å². The molecule has 0 unspecified atom stereocenters. The minimum Gasteiger partial charge on any atom is -0.342 e. The molecule has 2 aliphatic heterocycles. The lowest BCUT2D eigenvalue weighted by molar-refractivity contribution is -0.146. The number of rotatable bonds is 4. The second-order valence-corrected chi connectivity index (χ2v) is 8.52. The summed E-state index contributed by atoms with van der Waals surface area (Å²) in [5.41, 5.74) is 0.543. The van der Waals surface area contributed by atoms with Crippen molar-refractivity contribution in [2.24, 2.45) is 11.3 Å². The van der Waals surface area contributed by atoms with Crippen LogP contribution in [0, 0.1) is 11.3 Å². The molecule has 4 rings (SSSR count). The van der Waals surface area contributed by atoms with Crippen LogP contribution in [0.5, 0.6) is 0 Å². The van der Waals surface area contributed by atoms with Crippen molar-refractivity contribution < 1.29 is 9.59 Å². The van der Waals surface area contributed by atoms with E-state index < -0.39 is 5.41 Å². The molecule has 1 aromatic rings. The van der Waals surface area contributed by atoms with Gasteiger partial charge in [0.15, 0.2) is 0 Å². The van der Waals surface area contributed by atoms with Crippen LogP contribution in [-0.4, -0.2) is 52.8 Å². The Morgan fingerprint density at radius 2 is 2.00 bits per heavy atom. The zero-order valence-corrected chi connectivity index (χ0v) is 16.1. The molecule has 1 spiro atoms. The number of H-pyrrole nitrogens is 1. The highest BCUT2D eigenvalue weighted by Crippen LogP contribution is 2.41. The van der Waals surface area contributed by atoms with E-state index in [1.807, 2.05) is 6.92 Å². The van der Waals surface area contributed by atoms with Gasteiger partial charge in [0.1, 0.15) is 0 Å². The van der Waals surface area contributed by atoms with E-state index in [4.69, 9.17) is 0 Å². The van der Waals surface area contributed by atoms with Crippen molar-refractivity contribution in [3.63, 3.8) is 0 Å². The first-order chi connectivity index (χ1) is 13.0. The maximum atomic E-state index is 13.2. The number of piperidine rings is 1. The van der Waals surface area contributed by atoms with Crippen LogP contribution in [0.4, 0.5) is 0 Å². The van der Waals surface area contributed by atoms with Gasteiger partial charge in [-0.2, -0.15) is 0 Å². The number of hydrogen-bond acceptors (Lipinski definition) is 3. The zero-order chi connectivity index (χ0) is 19.0. The van der Waals surface area contributed by atoms with Gasteiger partial charge < -0.3 is 14.8 Å². The summed E-state index contributed by atoms with van der Waals surface area (Å²) in [6.07, 6.45) is 7.07. The molecule has 1 atom stereocenters. The lowest BCUT2D eigenvalue weighted by Gasteiger charge is -2.42. The third-order valence-electron chi connectivity index (χ3n) is 6.70. The normalized spacial score (nSPS) is 25.9. The third-order valence-corrected chi connectivity index (χ3v) is 6.70. The third kappa shape index (κ3) is 3.42. The molecule has 27 heavy (non-hydrogen) atoms. The number of amides is 2. The van der Waals surface area contributed by atoms with Crippen LogP contribution in [0.1, 0.15) is 61.5 Å². The molecule has 0 aromatic carbocycles. The van der Waals surface area contributed by atoms with Crippen LogP contribution in [0.25, 0.3) is 0 Å². The van der Waals surface area contributed by atoms with Gasteiger partial charge in [0.25, 0.3) is 5.91 Å². The molecule has 1 aromatic heterocycles. The Bertz CT molecular complexity index is 798. The number of aryl methyl sites for hydroxylation is 1. The highest BCUT2D eigenvalue weighted by Gasteiger charge is 2.49. The Kier molecular flexibility index (Phi) is 4.82. The first-order valence-electron chi connectivity index (χ1n) is 10.3. The number of nitrogens with zero attached hydrogens (tertiary/aromatic N) is 2. The lowest BCUT2D eigenvalue weighted by atomic mass is 9.77. The highest BCUT2D eigenvalue weighted by atomic mass is 16.2. The molecule has 2 saturated heterocycles. The van der Waals surface area contributed by atoms with Gasteiger partial charge in [0.05, 0.1) is 5.41 Å². The van der Waals surface area contributed by atoms with Crippen LogP contribution in [0.3, 0.4) is 0 Å². The topological polar surface area (TPSA) is 73.5 Å². The van der Waals surface area contributed by atoms with Crippen molar-refractivity contribution in [2.45, 2.75) is 51.9 Å². The van der Waals surface area contributed by atoms with Crippen molar-refractivity contribution in [1.29, 1.82) is 0 Å². The number of pyridine rings is 1. The summed E-state index contributed by atoms with van der Waals surface area (Å²) in [6, 6.07) is 3.14. The van der Waals surface area contributed by atoms with Gasteiger partial charge in [-0.05, 0) is 50.5 Å². The molecule has 3 aliphatic rings. The Labute approximate surface area is 159 Å². The van der Waals surface area contributed by atoms with Gasteiger partial charge in [-0.1, -0.05) is 13.3 Å². The molecule has 0 bridgehead atoms. The Morgan fingerprint density at radius 1 is 1.19 bits per heavy atom. The quantitative estimate of drug-likeness (QED) is 0.882. The standard InChI is InChI=1S/C21H29N3O3/c1-2-17-11-16(12-18(25)22-17)19(26)24-10-8-21(14-24)7-4-9-23(20(21)27)13-15-5-3-6-15/h11-12,15H,2-10,13-14H2,1H3,(H,22,25)/t21-/m0/s1. The second kappa shape index (κ2) is 7.13. The van der Waals surface area contributed by atoms with Crippen LogP contribution < -0.4 is 5.56 Å². The van der Waals surface area contributed by atoms with Gasteiger partial charge in [-0.3, -0.25) is 14.4 Å². The number of nitrogens with one attached hydrogen (secondary N) is 1. The molecule has 1 aliphatic carbocycles. The maximum absolute atomic E-state index is 13.2. The molecule has 3 fully saturated rings. The fourth-order valence-corrected chi connectivity index (χ4v) is 4.84. The summed E-state index contributed by atoms with van der Waals surface area (Å²) in [5.74, 6) is 0.791. The van der Waals surface area contributed by atoms with Gasteiger partial charge in [0, 0.05) is 43.5 Å². The average molecular weight is 371 g/mol.